The first-order chi connectivity index (χ1) is 16.5. The van der Waals surface area contributed by atoms with Crippen molar-refractivity contribution in [3.63, 3.8) is 0 Å². The lowest BCUT2D eigenvalue weighted by Crippen LogP contribution is -2.76. The molecule has 2 saturated heterocycles. The average Bonchev–Trinajstić information content (AvgIpc) is 3.37. The zero-order valence-corrected chi connectivity index (χ0v) is 20.9. The van der Waals surface area contributed by atoms with E-state index in [0.717, 1.165) is 24.8 Å². The number of thioether (sulfide) groups is 1. The molecular weight excluding hydrogens is 450 g/mol. The molecular formula is C25H35N5O3S. The van der Waals surface area contributed by atoms with Crippen LogP contribution in [0.4, 0.5) is 4.79 Å². The quantitative estimate of drug-likeness (QED) is 0.613. The molecule has 1 aromatic carbocycles. The number of hydrogen-bond donors (Lipinski definition) is 1. The van der Waals surface area contributed by atoms with Gasteiger partial charge >= 0.3 is 6.03 Å². The molecule has 34 heavy (non-hydrogen) atoms. The number of nitrogens with one attached hydrogen (secondary N) is 1. The van der Waals surface area contributed by atoms with E-state index < -0.39 is 12.2 Å². The van der Waals surface area contributed by atoms with Crippen molar-refractivity contribution in [2.75, 3.05) is 26.2 Å². The summed E-state index contributed by atoms with van der Waals surface area (Å²) in [5.41, 5.74) is 1.01. The van der Waals surface area contributed by atoms with Gasteiger partial charge in [0.25, 0.3) is 0 Å². The van der Waals surface area contributed by atoms with E-state index in [1.165, 1.54) is 0 Å². The van der Waals surface area contributed by atoms with Gasteiger partial charge in [-0.2, -0.15) is 0 Å². The van der Waals surface area contributed by atoms with Gasteiger partial charge < -0.3 is 15.1 Å². The highest BCUT2D eigenvalue weighted by molar-refractivity contribution is 8.03. The Morgan fingerprint density at radius 1 is 1.15 bits per heavy atom. The zero-order valence-electron chi connectivity index (χ0n) is 20.1. The summed E-state index contributed by atoms with van der Waals surface area (Å²) in [6.07, 6.45) is 4.99. The number of rotatable bonds is 8. The van der Waals surface area contributed by atoms with Crippen LogP contribution in [0.5, 0.6) is 0 Å². The molecule has 0 aliphatic carbocycles. The van der Waals surface area contributed by atoms with Gasteiger partial charge in [0.05, 0.1) is 13.1 Å². The van der Waals surface area contributed by atoms with Crippen LogP contribution in [0, 0.1) is 0 Å². The molecule has 3 atom stereocenters. The molecule has 3 heterocycles. The average molecular weight is 486 g/mol. The Hall–Kier alpha value is -2.52. The smallest absolute Gasteiger partial charge is 0.334 e. The van der Waals surface area contributed by atoms with Gasteiger partial charge in [-0.15, -0.1) is 11.8 Å². The summed E-state index contributed by atoms with van der Waals surface area (Å²) >= 11 is 1.81. The van der Waals surface area contributed by atoms with E-state index in [1.807, 2.05) is 60.8 Å². The molecule has 3 aliphatic rings. The number of nitrogens with zero attached hydrogens (tertiary/aromatic N) is 4. The molecule has 184 valence electrons. The van der Waals surface area contributed by atoms with Gasteiger partial charge in [-0.3, -0.25) is 9.59 Å². The third-order valence-electron chi connectivity index (χ3n) is 6.74. The van der Waals surface area contributed by atoms with Gasteiger partial charge in [-0.25, -0.2) is 14.8 Å². The lowest BCUT2D eigenvalue weighted by molar-refractivity contribution is -0.190. The van der Waals surface area contributed by atoms with Crippen molar-refractivity contribution < 1.29 is 14.4 Å². The Kier molecular flexibility index (Phi) is 8.15. The van der Waals surface area contributed by atoms with E-state index in [0.29, 0.717) is 37.8 Å². The van der Waals surface area contributed by atoms with E-state index in [2.05, 4.69) is 16.8 Å². The second kappa shape index (κ2) is 11.3. The highest BCUT2D eigenvalue weighted by atomic mass is 32.2. The van der Waals surface area contributed by atoms with Crippen LogP contribution in [0.25, 0.3) is 0 Å². The van der Waals surface area contributed by atoms with Crippen molar-refractivity contribution >= 4 is 29.6 Å². The summed E-state index contributed by atoms with van der Waals surface area (Å²) in [6, 6.07) is 9.01. The summed E-state index contributed by atoms with van der Waals surface area (Å²) in [6.45, 7) is 5.99. The topological polar surface area (TPSA) is 76.2 Å². The molecule has 1 unspecified atom stereocenters. The minimum Gasteiger partial charge on any atom is -0.337 e. The van der Waals surface area contributed by atoms with Gasteiger partial charge in [0.1, 0.15) is 12.2 Å². The number of piperazine rings is 1. The number of urea groups is 1. The summed E-state index contributed by atoms with van der Waals surface area (Å²) in [5.74, 6) is -0.0713. The number of fused-ring (bicyclic) bond motifs is 1. The SMILES string of the molecule is CCC[C@H]1C(=O)N(CCC2CC=CS2)C[C@H]2N1C(=O)CN(CC)N2C(=O)NCc1ccccc1. The molecule has 0 spiro atoms. The maximum atomic E-state index is 13.4. The zero-order chi connectivity index (χ0) is 24.1. The van der Waals surface area contributed by atoms with Crippen molar-refractivity contribution in [3.05, 3.63) is 47.4 Å². The molecule has 9 heteroatoms. The molecule has 4 rings (SSSR count). The van der Waals surface area contributed by atoms with Crippen LogP contribution in [0.15, 0.2) is 41.8 Å². The highest BCUT2D eigenvalue weighted by Crippen LogP contribution is 2.31. The first-order valence-corrected chi connectivity index (χ1v) is 13.2. The summed E-state index contributed by atoms with van der Waals surface area (Å²) in [4.78, 5) is 43.6. The number of hydrogen-bond acceptors (Lipinski definition) is 5. The van der Waals surface area contributed by atoms with Crippen LogP contribution < -0.4 is 5.32 Å². The fraction of sp³-hybridized carbons (Fsp3) is 0.560. The van der Waals surface area contributed by atoms with Gasteiger partial charge in [-0.1, -0.05) is 56.7 Å². The molecule has 0 aromatic heterocycles. The van der Waals surface area contributed by atoms with E-state index in [1.54, 1.807) is 14.9 Å². The Balaban J connectivity index is 1.55. The van der Waals surface area contributed by atoms with Gasteiger partial charge in [0.15, 0.2) is 0 Å². The Morgan fingerprint density at radius 3 is 2.62 bits per heavy atom. The second-order valence-electron chi connectivity index (χ2n) is 8.99. The van der Waals surface area contributed by atoms with E-state index in [4.69, 9.17) is 0 Å². The number of likely N-dealkylation sites (N-methyl/N-ethyl adjacent to an activating group) is 1. The maximum Gasteiger partial charge on any atom is 0.334 e. The van der Waals surface area contributed by atoms with Gasteiger partial charge in [0, 0.05) is 24.9 Å². The van der Waals surface area contributed by atoms with Crippen molar-refractivity contribution in [2.24, 2.45) is 0 Å². The first-order valence-electron chi connectivity index (χ1n) is 12.3. The molecule has 1 aromatic rings. The van der Waals surface area contributed by atoms with Crippen molar-refractivity contribution in [1.82, 2.24) is 25.1 Å². The van der Waals surface area contributed by atoms with Crippen LogP contribution in [-0.2, 0) is 16.1 Å². The van der Waals surface area contributed by atoms with Crippen LogP contribution >= 0.6 is 11.8 Å². The minimum atomic E-state index is -0.519. The molecule has 4 amide bonds. The van der Waals surface area contributed by atoms with Crippen molar-refractivity contribution in [3.8, 4) is 0 Å². The monoisotopic (exact) mass is 485 g/mol. The number of carbonyl (C=O) groups excluding carboxylic acids is 3. The van der Waals surface area contributed by atoms with Crippen LogP contribution in [-0.4, -0.2) is 81.3 Å². The third kappa shape index (κ3) is 5.25. The number of carbonyl (C=O) groups is 3. The molecule has 0 radical (unpaired) electrons. The van der Waals surface area contributed by atoms with Gasteiger partial charge in [-0.05, 0) is 30.2 Å². The fourth-order valence-corrected chi connectivity index (χ4v) is 5.89. The van der Waals surface area contributed by atoms with Crippen LogP contribution in [0.3, 0.4) is 0 Å². The lowest BCUT2D eigenvalue weighted by Gasteiger charge is -2.55. The first kappa shape index (κ1) is 24.6. The minimum absolute atomic E-state index is 0.0111. The molecule has 3 aliphatic heterocycles. The van der Waals surface area contributed by atoms with Gasteiger partial charge in [0.2, 0.25) is 11.8 Å². The number of hydrazine groups is 1. The summed E-state index contributed by atoms with van der Waals surface area (Å²) < 4.78 is 0. The van der Waals surface area contributed by atoms with Crippen molar-refractivity contribution in [2.45, 2.75) is 63.5 Å². The predicted molar refractivity (Wildman–Crippen MR) is 133 cm³/mol. The normalized spacial score (nSPS) is 25.1. The second-order valence-corrected chi connectivity index (χ2v) is 10.2. The number of benzene rings is 1. The third-order valence-corrected chi connectivity index (χ3v) is 7.90. The lowest BCUT2D eigenvalue weighted by atomic mass is 10.0. The molecule has 0 saturated carbocycles. The fourth-order valence-electron chi connectivity index (χ4n) is 4.99. The maximum absolute atomic E-state index is 13.4. The molecule has 0 bridgehead atoms. The Morgan fingerprint density at radius 2 is 1.94 bits per heavy atom. The van der Waals surface area contributed by atoms with E-state index in [-0.39, 0.29) is 24.4 Å². The van der Waals surface area contributed by atoms with Crippen LogP contribution in [0.1, 0.15) is 45.1 Å². The summed E-state index contributed by atoms with van der Waals surface area (Å²) in [7, 11) is 0. The molecule has 1 N–H and O–H groups in total. The van der Waals surface area contributed by atoms with Crippen molar-refractivity contribution in [1.29, 1.82) is 0 Å². The number of allylic oxidation sites excluding steroid dienone is 1. The summed E-state index contributed by atoms with van der Waals surface area (Å²) in [5, 5.41) is 9.12. The molecule has 8 nitrogen and oxygen atoms in total. The van der Waals surface area contributed by atoms with E-state index in [9.17, 15) is 14.4 Å². The largest absolute Gasteiger partial charge is 0.337 e. The standard InChI is InChI=1S/C25H35N5O3S/c1-3-9-21-24(32)27(14-13-20-12-8-15-34-20)17-22-29(21)23(31)18-28(4-2)30(22)25(33)26-16-19-10-6-5-7-11-19/h5-8,10-11,15,20-22H,3-4,9,12-14,16-18H2,1-2H3,(H,26,33)/t20?,21-,22-/m0/s1. The van der Waals surface area contributed by atoms with Crippen LogP contribution in [0.2, 0.25) is 0 Å². The highest BCUT2D eigenvalue weighted by Gasteiger charge is 2.50. The van der Waals surface area contributed by atoms with E-state index >= 15 is 0 Å². The Bertz CT molecular complexity index is 903. The Labute approximate surface area is 206 Å². The number of amides is 4. The molecule has 2 fully saturated rings. The predicted octanol–water partition coefficient (Wildman–Crippen LogP) is 3.02.